The van der Waals surface area contributed by atoms with Gasteiger partial charge < -0.3 is 19.9 Å². The Balaban J connectivity index is 2.09. The molecule has 1 unspecified atom stereocenters. The molecule has 1 aliphatic rings. The molecule has 166 valence electrons. The van der Waals surface area contributed by atoms with Gasteiger partial charge in [-0.25, -0.2) is 4.79 Å². The van der Waals surface area contributed by atoms with E-state index in [0.717, 1.165) is 10.0 Å². The van der Waals surface area contributed by atoms with E-state index in [0.29, 0.717) is 21.4 Å². The zero-order chi connectivity index (χ0) is 23.4. The molecule has 2 aromatic carbocycles. The second kappa shape index (κ2) is 10.3. The predicted octanol–water partition coefficient (Wildman–Crippen LogP) is 5.98. The van der Waals surface area contributed by atoms with Crippen molar-refractivity contribution in [3.63, 3.8) is 0 Å². The Morgan fingerprint density at radius 1 is 1.28 bits per heavy atom. The molecule has 6 nitrogen and oxygen atoms in total. The summed E-state index contributed by atoms with van der Waals surface area (Å²) in [6, 6.07) is 12.5. The van der Waals surface area contributed by atoms with Gasteiger partial charge in [0.2, 0.25) is 5.88 Å². The fourth-order valence-corrected chi connectivity index (χ4v) is 4.18. The van der Waals surface area contributed by atoms with Crippen LogP contribution in [0.5, 0.6) is 5.75 Å². The van der Waals surface area contributed by atoms with E-state index in [1.165, 1.54) is 0 Å². The molecule has 0 spiro atoms. The molecule has 0 saturated carbocycles. The van der Waals surface area contributed by atoms with Crippen molar-refractivity contribution in [2.45, 2.75) is 26.4 Å². The van der Waals surface area contributed by atoms with Gasteiger partial charge in [0.05, 0.1) is 18.1 Å². The fraction of sp³-hybridized carbons (Fsp3) is 0.217. The summed E-state index contributed by atoms with van der Waals surface area (Å²) in [5.74, 6) is -0.796. The van der Waals surface area contributed by atoms with Gasteiger partial charge in [0.15, 0.2) is 0 Å². The number of hydrogen-bond acceptors (Lipinski definition) is 6. The van der Waals surface area contributed by atoms with E-state index in [-0.39, 0.29) is 36.0 Å². The molecule has 0 radical (unpaired) electrons. The Hall–Kier alpha value is -2.66. The summed E-state index contributed by atoms with van der Waals surface area (Å²) < 4.78 is 17.5. The molecule has 1 aliphatic heterocycles. The Labute approximate surface area is 204 Å². The average Bonchev–Trinajstić information content (AvgIpc) is 2.73. The number of nitrogens with zero attached hydrogens (tertiary/aromatic N) is 1. The lowest BCUT2D eigenvalue weighted by Gasteiger charge is -2.28. The third-order valence-electron chi connectivity index (χ3n) is 4.78. The van der Waals surface area contributed by atoms with Crippen LogP contribution in [-0.2, 0) is 20.9 Å². The number of esters is 1. The van der Waals surface area contributed by atoms with E-state index in [1.807, 2.05) is 0 Å². The fourth-order valence-electron chi connectivity index (χ4n) is 3.34. The summed E-state index contributed by atoms with van der Waals surface area (Å²) >= 11 is 15.7. The van der Waals surface area contributed by atoms with Gasteiger partial charge >= 0.3 is 5.97 Å². The van der Waals surface area contributed by atoms with Gasteiger partial charge in [-0.1, -0.05) is 45.2 Å². The van der Waals surface area contributed by atoms with Crippen molar-refractivity contribution < 1.29 is 19.0 Å². The summed E-state index contributed by atoms with van der Waals surface area (Å²) in [7, 11) is 0. The zero-order valence-electron chi connectivity index (χ0n) is 17.2. The third kappa shape index (κ3) is 5.04. The highest BCUT2D eigenvalue weighted by atomic mass is 79.9. The maximum atomic E-state index is 12.8. The van der Waals surface area contributed by atoms with Crippen LogP contribution in [-0.4, -0.2) is 12.6 Å². The summed E-state index contributed by atoms with van der Waals surface area (Å²) in [5, 5.41) is 10.8. The lowest BCUT2D eigenvalue weighted by Crippen LogP contribution is -2.26. The minimum absolute atomic E-state index is 0.0743. The van der Waals surface area contributed by atoms with Crippen LogP contribution in [0.1, 0.15) is 30.9 Å². The lowest BCUT2D eigenvalue weighted by atomic mass is 9.82. The van der Waals surface area contributed by atoms with Crippen LogP contribution in [0.3, 0.4) is 0 Å². The first-order valence-corrected chi connectivity index (χ1v) is 11.1. The number of hydrogen-bond donors (Lipinski definition) is 1. The van der Waals surface area contributed by atoms with Gasteiger partial charge in [0.1, 0.15) is 29.8 Å². The molecule has 3 rings (SSSR count). The molecule has 1 heterocycles. The number of carbonyl (C=O) groups excluding carboxylic acids is 1. The van der Waals surface area contributed by atoms with Crippen LogP contribution < -0.4 is 10.5 Å². The minimum Gasteiger partial charge on any atom is -0.489 e. The Kier molecular flexibility index (Phi) is 7.73. The quantitative estimate of drug-likeness (QED) is 0.455. The molecule has 0 bridgehead atoms. The van der Waals surface area contributed by atoms with Gasteiger partial charge in [0.25, 0.3) is 0 Å². The van der Waals surface area contributed by atoms with Crippen molar-refractivity contribution in [2.75, 3.05) is 6.61 Å². The number of halogens is 3. The van der Waals surface area contributed by atoms with E-state index in [9.17, 15) is 10.1 Å². The summed E-state index contributed by atoms with van der Waals surface area (Å²) in [5.41, 5.74) is 7.55. The zero-order valence-corrected chi connectivity index (χ0v) is 20.3. The lowest BCUT2D eigenvalue weighted by molar-refractivity contribution is -0.139. The minimum atomic E-state index is -0.832. The number of ether oxygens (including phenoxy) is 3. The van der Waals surface area contributed by atoms with Crippen LogP contribution in [0.25, 0.3) is 0 Å². The van der Waals surface area contributed by atoms with Gasteiger partial charge in [-0.3, -0.25) is 0 Å². The normalized spacial score (nSPS) is 15.8. The van der Waals surface area contributed by atoms with E-state index in [4.69, 9.17) is 43.1 Å². The highest BCUT2D eigenvalue weighted by molar-refractivity contribution is 9.10. The van der Waals surface area contributed by atoms with Crippen LogP contribution in [0, 0.1) is 11.3 Å². The largest absolute Gasteiger partial charge is 0.489 e. The smallest absolute Gasteiger partial charge is 0.338 e. The molecule has 2 N–H and O–H groups in total. The van der Waals surface area contributed by atoms with Crippen molar-refractivity contribution in [1.29, 1.82) is 5.26 Å². The monoisotopic (exact) mass is 536 g/mol. The molecular weight excluding hydrogens is 519 g/mol. The number of rotatable bonds is 6. The highest BCUT2D eigenvalue weighted by Crippen LogP contribution is 2.44. The molecule has 0 amide bonds. The van der Waals surface area contributed by atoms with Gasteiger partial charge in [0, 0.05) is 25.6 Å². The van der Waals surface area contributed by atoms with E-state index in [2.05, 4.69) is 22.0 Å². The second-order valence-corrected chi connectivity index (χ2v) is 8.58. The van der Waals surface area contributed by atoms with Crippen molar-refractivity contribution in [3.8, 4) is 11.8 Å². The molecule has 2 aromatic rings. The van der Waals surface area contributed by atoms with E-state index in [1.54, 1.807) is 50.2 Å². The van der Waals surface area contributed by atoms with Gasteiger partial charge in [-0.2, -0.15) is 5.26 Å². The molecule has 0 aromatic heterocycles. The van der Waals surface area contributed by atoms with Crippen LogP contribution in [0.2, 0.25) is 10.0 Å². The maximum absolute atomic E-state index is 12.8. The molecule has 1 atom stereocenters. The summed E-state index contributed by atoms with van der Waals surface area (Å²) in [4.78, 5) is 12.8. The Morgan fingerprint density at radius 2 is 2.03 bits per heavy atom. The Morgan fingerprint density at radius 3 is 2.69 bits per heavy atom. The molecule has 0 saturated heterocycles. The van der Waals surface area contributed by atoms with E-state index < -0.39 is 11.9 Å². The van der Waals surface area contributed by atoms with Gasteiger partial charge in [-0.05, 0) is 44.2 Å². The van der Waals surface area contributed by atoms with Gasteiger partial charge in [-0.15, -0.1) is 0 Å². The second-order valence-electron chi connectivity index (χ2n) is 6.82. The van der Waals surface area contributed by atoms with Crippen molar-refractivity contribution in [3.05, 3.63) is 84.8 Å². The Bertz CT molecular complexity index is 1170. The number of benzene rings is 2. The van der Waals surface area contributed by atoms with Crippen LogP contribution in [0.4, 0.5) is 0 Å². The topological polar surface area (TPSA) is 94.6 Å². The molecule has 0 fully saturated rings. The standard InChI is InChI=1S/C23H19BrCl2N2O4/c1-3-30-23(29)20-12(2)32-22(28)17(10-27)21(20)16-8-14(24)5-7-19(16)31-11-13-4-6-15(25)9-18(13)26/h4-9,21H,3,11,28H2,1-2H3. The average molecular weight is 538 g/mol. The predicted molar refractivity (Wildman–Crippen MR) is 125 cm³/mol. The summed E-state index contributed by atoms with van der Waals surface area (Å²) in [6.45, 7) is 3.62. The number of allylic oxidation sites excluding steroid dienone is 2. The first-order valence-electron chi connectivity index (χ1n) is 9.58. The highest BCUT2D eigenvalue weighted by Gasteiger charge is 2.38. The van der Waals surface area contributed by atoms with Crippen molar-refractivity contribution in [2.24, 2.45) is 5.73 Å². The third-order valence-corrected chi connectivity index (χ3v) is 5.86. The molecular formula is C23H19BrCl2N2O4. The number of nitrogens with two attached hydrogens (primary N) is 1. The summed E-state index contributed by atoms with van der Waals surface area (Å²) in [6.07, 6.45) is 0. The number of nitriles is 1. The van der Waals surface area contributed by atoms with Crippen molar-refractivity contribution >= 4 is 45.1 Å². The first-order chi connectivity index (χ1) is 15.3. The molecule has 32 heavy (non-hydrogen) atoms. The maximum Gasteiger partial charge on any atom is 0.338 e. The van der Waals surface area contributed by atoms with E-state index >= 15 is 0 Å². The van der Waals surface area contributed by atoms with Crippen LogP contribution in [0.15, 0.2) is 63.7 Å². The molecule has 0 aliphatic carbocycles. The SMILES string of the molecule is CCOC(=O)C1=C(C)OC(N)=C(C#N)C1c1cc(Br)ccc1OCc1ccc(Cl)cc1Cl. The number of carbonyl (C=O) groups is 1. The van der Waals surface area contributed by atoms with Crippen molar-refractivity contribution in [1.82, 2.24) is 0 Å². The first kappa shape index (κ1) is 24.0. The van der Waals surface area contributed by atoms with Crippen LogP contribution >= 0.6 is 39.1 Å². The molecule has 9 heteroatoms.